The van der Waals surface area contributed by atoms with Gasteiger partial charge in [-0.25, -0.2) is 9.18 Å². The molecule has 27 heavy (non-hydrogen) atoms. The Morgan fingerprint density at radius 3 is 2.63 bits per heavy atom. The standard InChI is InChI=1S/C22H26FNO3/c1-13(2)12-26-18-9-15(8-17(23)10-18)14-5-6-19-16(7-14)11-22(3,4)20(19)27-21(24)25/h5-10,13,20H,11-12H2,1-4H3,(H2,24,25)/t20-/m0/s1. The lowest BCUT2D eigenvalue weighted by Crippen LogP contribution is -2.25. The summed E-state index contributed by atoms with van der Waals surface area (Å²) >= 11 is 0. The van der Waals surface area contributed by atoms with Crippen molar-refractivity contribution < 1.29 is 18.7 Å². The number of primary amides is 1. The zero-order valence-corrected chi connectivity index (χ0v) is 16.2. The molecular weight excluding hydrogens is 345 g/mol. The van der Waals surface area contributed by atoms with E-state index in [1.165, 1.54) is 12.1 Å². The molecule has 2 N–H and O–H groups in total. The average molecular weight is 371 g/mol. The molecule has 0 unspecified atom stereocenters. The largest absolute Gasteiger partial charge is 0.493 e. The van der Waals surface area contributed by atoms with E-state index in [1.54, 1.807) is 0 Å². The maximum atomic E-state index is 14.1. The normalized spacial score (nSPS) is 17.6. The molecule has 4 nitrogen and oxygen atoms in total. The number of carbonyl (C=O) groups is 1. The number of hydrogen-bond acceptors (Lipinski definition) is 3. The minimum Gasteiger partial charge on any atom is -0.493 e. The first-order chi connectivity index (χ1) is 12.7. The Morgan fingerprint density at radius 2 is 1.96 bits per heavy atom. The molecule has 5 heteroatoms. The first kappa shape index (κ1) is 19.2. The van der Waals surface area contributed by atoms with Gasteiger partial charge >= 0.3 is 6.09 Å². The summed E-state index contributed by atoms with van der Waals surface area (Å²) in [6, 6.07) is 10.6. The third kappa shape index (κ3) is 4.24. The highest BCUT2D eigenvalue weighted by Crippen LogP contribution is 2.48. The second-order valence-electron chi connectivity index (χ2n) is 8.28. The van der Waals surface area contributed by atoms with Crippen molar-refractivity contribution in [2.45, 2.75) is 40.2 Å². The van der Waals surface area contributed by atoms with Crippen molar-refractivity contribution in [2.24, 2.45) is 17.1 Å². The number of fused-ring (bicyclic) bond motifs is 1. The molecular formula is C22H26FNO3. The van der Waals surface area contributed by atoms with Gasteiger partial charge in [-0.15, -0.1) is 0 Å². The molecule has 0 spiro atoms. The highest BCUT2D eigenvalue weighted by atomic mass is 19.1. The van der Waals surface area contributed by atoms with Gasteiger partial charge in [0.2, 0.25) is 0 Å². The van der Waals surface area contributed by atoms with Crippen LogP contribution in [0.2, 0.25) is 0 Å². The number of hydrogen-bond donors (Lipinski definition) is 1. The maximum absolute atomic E-state index is 14.1. The van der Waals surface area contributed by atoms with Gasteiger partial charge in [-0.2, -0.15) is 0 Å². The molecule has 1 amide bonds. The quantitative estimate of drug-likeness (QED) is 0.781. The van der Waals surface area contributed by atoms with Crippen molar-refractivity contribution in [1.82, 2.24) is 0 Å². The van der Waals surface area contributed by atoms with Crippen molar-refractivity contribution >= 4 is 6.09 Å². The van der Waals surface area contributed by atoms with Gasteiger partial charge in [0.15, 0.2) is 0 Å². The smallest absolute Gasteiger partial charge is 0.405 e. The summed E-state index contributed by atoms with van der Waals surface area (Å²) in [5.41, 5.74) is 8.69. The summed E-state index contributed by atoms with van der Waals surface area (Å²) in [6.45, 7) is 8.72. The molecule has 0 radical (unpaired) electrons. The summed E-state index contributed by atoms with van der Waals surface area (Å²) in [4.78, 5) is 11.3. The second-order valence-corrected chi connectivity index (χ2v) is 8.28. The molecule has 0 aromatic heterocycles. The van der Waals surface area contributed by atoms with Gasteiger partial charge in [-0.05, 0) is 46.7 Å². The highest BCUT2D eigenvalue weighted by molar-refractivity contribution is 5.68. The molecule has 2 aromatic rings. The minimum absolute atomic E-state index is 0.247. The predicted octanol–water partition coefficient (Wildman–Crippen LogP) is 5.25. The van der Waals surface area contributed by atoms with E-state index in [0.717, 1.165) is 28.7 Å². The fraction of sp³-hybridized carbons (Fsp3) is 0.409. The summed E-state index contributed by atoms with van der Waals surface area (Å²) in [5.74, 6) is 0.553. The van der Waals surface area contributed by atoms with Crippen molar-refractivity contribution in [1.29, 1.82) is 0 Å². The maximum Gasteiger partial charge on any atom is 0.405 e. The number of benzene rings is 2. The predicted molar refractivity (Wildman–Crippen MR) is 103 cm³/mol. The molecule has 0 saturated carbocycles. The molecule has 0 fully saturated rings. The van der Waals surface area contributed by atoms with Crippen LogP contribution in [-0.2, 0) is 11.2 Å². The van der Waals surface area contributed by atoms with E-state index >= 15 is 0 Å². The number of nitrogens with two attached hydrogens (primary N) is 1. The van der Waals surface area contributed by atoms with E-state index in [1.807, 2.05) is 52.0 Å². The van der Waals surface area contributed by atoms with Gasteiger partial charge in [0.1, 0.15) is 17.7 Å². The molecule has 2 aromatic carbocycles. The van der Waals surface area contributed by atoms with Crippen LogP contribution in [0.25, 0.3) is 11.1 Å². The molecule has 3 rings (SSSR count). The fourth-order valence-electron chi connectivity index (χ4n) is 3.61. The zero-order chi connectivity index (χ0) is 19.8. The molecule has 0 aliphatic heterocycles. The molecule has 0 bridgehead atoms. The molecule has 0 saturated heterocycles. The van der Waals surface area contributed by atoms with Gasteiger partial charge < -0.3 is 15.2 Å². The first-order valence-corrected chi connectivity index (χ1v) is 9.18. The third-order valence-corrected chi connectivity index (χ3v) is 4.80. The summed E-state index contributed by atoms with van der Waals surface area (Å²) in [6.07, 6.45) is -0.404. The van der Waals surface area contributed by atoms with Crippen molar-refractivity contribution in [3.63, 3.8) is 0 Å². The molecule has 0 heterocycles. The van der Waals surface area contributed by atoms with Gasteiger partial charge in [0, 0.05) is 11.5 Å². The number of ether oxygens (including phenoxy) is 2. The zero-order valence-electron chi connectivity index (χ0n) is 16.2. The minimum atomic E-state index is -0.776. The number of amides is 1. The van der Waals surface area contributed by atoms with Crippen LogP contribution < -0.4 is 10.5 Å². The van der Waals surface area contributed by atoms with E-state index in [2.05, 4.69) is 0 Å². The number of carbonyl (C=O) groups excluding carboxylic acids is 1. The van der Waals surface area contributed by atoms with Crippen LogP contribution in [0.4, 0.5) is 9.18 Å². The second kappa shape index (κ2) is 7.22. The lowest BCUT2D eigenvalue weighted by molar-refractivity contribution is 0.0392. The third-order valence-electron chi connectivity index (χ3n) is 4.80. The molecule has 1 aliphatic carbocycles. The van der Waals surface area contributed by atoms with Crippen molar-refractivity contribution in [2.75, 3.05) is 6.61 Å². The van der Waals surface area contributed by atoms with Gasteiger partial charge in [-0.3, -0.25) is 0 Å². The van der Waals surface area contributed by atoms with Crippen LogP contribution in [0.1, 0.15) is 44.9 Å². The molecule has 1 atom stereocenters. The van der Waals surface area contributed by atoms with Gasteiger partial charge in [0.05, 0.1) is 6.61 Å². The summed E-state index contributed by atoms with van der Waals surface area (Å²) < 4.78 is 25.1. The Bertz CT molecular complexity index is 861. The molecule has 1 aliphatic rings. The van der Waals surface area contributed by atoms with Crippen LogP contribution >= 0.6 is 0 Å². The van der Waals surface area contributed by atoms with Crippen LogP contribution in [-0.4, -0.2) is 12.7 Å². The fourth-order valence-corrected chi connectivity index (χ4v) is 3.61. The van der Waals surface area contributed by atoms with Crippen LogP contribution in [0.3, 0.4) is 0 Å². The van der Waals surface area contributed by atoms with E-state index in [0.29, 0.717) is 18.3 Å². The summed E-state index contributed by atoms with van der Waals surface area (Å²) in [5, 5.41) is 0. The van der Waals surface area contributed by atoms with Crippen molar-refractivity contribution in [3.05, 3.63) is 53.3 Å². The van der Waals surface area contributed by atoms with E-state index in [4.69, 9.17) is 15.2 Å². The lowest BCUT2D eigenvalue weighted by Gasteiger charge is -2.26. The van der Waals surface area contributed by atoms with Crippen molar-refractivity contribution in [3.8, 4) is 16.9 Å². The Balaban J connectivity index is 1.93. The summed E-state index contributed by atoms with van der Waals surface area (Å²) in [7, 11) is 0. The topological polar surface area (TPSA) is 61.6 Å². The van der Waals surface area contributed by atoms with E-state index < -0.39 is 6.09 Å². The Morgan fingerprint density at radius 1 is 1.22 bits per heavy atom. The molecule has 144 valence electrons. The van der Waals surface area contributed by atoms with Crippen LogP contribution in [0.5, 0.6) is 5.75 Å². The Hall–Kier alpha value is -2.56. The van der Waals surface area contributed by atoms with E-state index in [9.17, 15) is 9.18 Å². The van der Waals surface area contributed by atoms with Crippen LogP contribution in [0, 0.1) is 17.2 Å². The average Bonchev–Trinajstić information content (AvgIpc) is 2.81. The highest BCUT2D eigenvalue weighted by Gasteiger charge is 2.41. The lowest BCUT2D eigenvalue weighted by atomic mass is 9.87. The van der Waals surface area contributed by atoms with E-state index in [-0.39, 0.29) is 17.3 Å². The van der Waals surface area contributed by atoms with Gasteiger partial charge in [-0.1, -0.05) is 45.9 Å². The van der Waals surface area contributed by atoms with Crippen LogP contribution in [0.15, 0.2) is 36.4 Å². The first-order valence-electron chi connectivity index (χ1n) is 9.18. The van der Waals surface area contributed by atoms with Gasteiger partial charge in [0.25, 0.3) is 0 Å². The monoisotopic (exact) mass is 371 g/mol. The number of halogens is 1. The Labute approximate surface area is 159 Å². The number of rotatable bonds is 5. The SMILES string of the molecule is CC(C)COc1cc(F)cc(-c2ccc3c(c2)CC(C)(C)[C@H]3OC(N)=O)c1. The Kier molecular flexibility index (Phi) is 5.13.